The van der Waals surface area contributed by atoms with E-state index in [2.05, 4.69) is 5.32 Å². The summed E-state index contributed by atoms with van der Waals surface area (Å²) in [6.07, 6.45) is 3.05. The van der Waals surface area contributed by atoms with Crippen molar-refractivity contribution in [2.24, 2.45) is 0 Å². The highest BCUT2D eigenvalue weighted by atomic mass is 19.1. The molecule has 0 saturated carbocycles. The predicted octanol–water partition coefficient (Wildman–Crippen LogP) is 2.35. The quantitative estimate of drug-likeness (QED) is 0.860. The van der Waals surface area contributed by atoms with Crippen molar-refractivity contribution >= 4 is 5.91 Å². The summed E-state index contributed by atoms with van der Waals surface area (Å²) in [6.45, 7) is 0.323. The van der Waals surface area contributed by atoms with Gasteiger partial charge in [-0.1, -0.05) is 12.1 Å². The molecule has 0 fully saturated rings. The Morgan fingerprint density at radius 3 is 2.81 bits per heavy atom. The zero-order chi connectivity index (χ0) is 11.4. The average molecular weight is 219 g/mol. The molecular weight excluding hydrogens is 209 g/mol. The van der Waals surface area contributed by atoms with Crippen LogP contribution in [0.1, 0.15) is 15.9 Å². The van der Waals surface area contributed by atoms with E-state index in [1.807, 2.05) is 0 Å². The van der Waals surface area contributed by atoms with Crippen LogP contribution in [-0.2, 0) is 6.54 Å². The molecule has 3 nitrogen and oxygen atoms in total. The molecule has 1 heterocycles. The Morgan fingerprint density at radius 1 is 1.31 bits per heavy atom. The second-order valence-electron chi connectivity index (χ2n) is 3.29. The first-order chi connectivity index (χ1) is 7.77. The molecule has 0 bridgehead atoms. The molecule has 2 rings (SSSR count). The van der Waals surface area contributed by atoms with Crippen molar-refractivity contribution in [1.29, 1.82) is 0 Å². The summed E-state index contributed by atoms with van der Waals surface area (Å²) in [6, 6.07) is 7.60. The molecule has 1 aromatic heterocycles. The molecule has 0 spiro atoms. The van der Waals surface area contributed by atoms with Crippen molar-refractivity contribution in [3.8, 4) is 0 Å². The molecule has 16 heavy (non-hydrogen) atoms. The van der Waals surface area contributed by atoms with Crippen LogP contribution in [0.3, 0.4) is 0 Å². The Balaban J connectivity index is 2.01. The number of furan rings is 1. The lowest BCUT2D eigenvalue weighted by Crippen LogP contribution is -2.23. The lowest BCUT2D eigenvalue weighted by atomic mass is 10.2. The number of carbonyl (C=O) groups excluding carboxylic acids is 1. The van der Waals surface area contributed by atoms with Gasteiger partial charge in [0.25, 0.3) is 5.91 Å². The van der Waals surface area contributed by atoms with Gasteiger partial charge in [0, 0.05) is 12.1 Å². The SMILES string of the molecule is O=C(NCc1ccoc1)c1ccccc1F. The fraction of sp³-hybridized carbons (Fsp3) is 0.0833. The number of carbonyl (C=O) groups is 1. The summed E-state index contributed by atoms with van der Waals surface area (Å²) in [7, 11) is 0. The molecule has 1 N–H and O–H groups in total. The van der Waals surface area contributed by atoms with E-state index in [4.69, 9.17) is 4.42 Å². The molecule has 4 heteroatoms. The first-order valence-corrected chi connectivity index (χ1v) is 4.81. The van der Waals surface area contributed by atoms with Crippen LogP contribution in [0.5, 0.6) is 0 Å². The Kier molecular flexibility index (Phi) is 3.00. The number of hydrogen-bond donors (Lipinski definition) is 1. The highest BCUT2D eigenvalue weighted by Crippen LogP contribution is 2.06. The maximum Gasteiger partial charge on any atom is 0.254 e. The number of halogens is 1. The Labute approximate surface area is 91.9 Å². The summed E-state index contributed by atoms with van der Waals surface area (Å²) in [5.74, 6) is -0.952. The number of benzene rings is 1. The first-order valence-electron chi connectivity index (χ1n) is 4.81. The minimum absolute atomic E-state index is 0.0472. The first kappa shape index (κ1) is 10.4. The van der Waals surface area contributed by atoms with Crippen LogP contribution in [0.25, 0.3) is 0 Å². The minimum Gasteiger partial charge on any atom is -0.472 e. The van der Waals surface area contributed by atoms with E-state index in [-0.39, 0.29) is 5.56 Å². The van der Waals surface area contributed by atoms with Crippen LogP contribution in [-0.4, -0.2) is 5.91 Å². The van der Waals surface area contributed by atoms with Crippen molar-refractivity contribution in [1.82, 2.24) is 5.32 Å². The number of rotatable bonds is 3. The molecule has 1 aromatic carbocycles. The summed E-state index contributed by atoms with van der Waals surface area (Å²) < 4.78 is 18.1. The molecule has 2 aromatic rings. The smallest absolute Gasteiger partial charge is 0.254 e. The van der Waals surface area contributed by atoms with Gasteiger partial charge in [-0.2, -0.15) is 0 Å². The van der Waals surface area contributed by atoms with Gasteiger partial charge in [-0.3, -0.25) is 4.79 Å². The summed E-state index contributed by atoms with van der Waals surface area (Å²) in [5, 5.41) is 2.60. The average Bonchev–Trinajstić information content (AvgIpc) is 2.79. The standard InChI is InChI=1S/C12H10FNO2/c13-11-4-2-1-3-10(11)12(15)14-7-9-5-6-16-8-9/h1-6,8H,7H2,(H,14,15). The minimum atomic E-state index is -0.521. The van der Waals surface area contributed by atoms with E-state index in [1.165, 1.54) is 24.7 Å². The Bertz CT molecular complexity index is 480. The van der Waals surface area contributed by atoms with E-state index in [0.29, 0.717) is 6.54 Å². The Morgan fingerprint density at radius 2 is 2.12 bits per heavy atom. The predicted molar refractivity (Wildman–Crippen MR) is 56.3 cm³/mol. The maximum atomic E-state index is 13.2. The lowest BCUT2D eigenvalue weighted by Gasteiger charge is -2.04. The van der Waals surface area contributed by atoms with Gasteiger partial charge in [0.05, 0.1) is 18.1 Å². The van der Waals surface area contributed by atoms with Gasteiger partial charge in [0.1, 0.15) is 5.82 Å². The monoisotopic (exact) mass is 219 g/mol. The molecule has 0 atom stereocenters. The van der Waals surface area contributed by atoms with Crippen LogP contribution in [0.4, 0.5) is 4.39 Å². The molecule has 0 aliphatic rings. The van der Waals surface area contributed by atoms with E-state index in [0.717, 1.165) is 5.56 Å². The van der Waals surface area contributed by atoms with Gasteiger partial charge in [0.15, 0.2) is 0 Å². The fourth-order valence-corrected chi connectivity index (χ4v) is 1.32. The van der Waals surface area contributed by atoms with Crippen molar-refractivity contribution in [3.63, 3.8) is 0 Å². The molecule has 0 saturated heterocycles. The highest BCUT2D eigenvalue weighted by Gasteiger charge is 2.09. The largest absolute Gasteiger partial charge is 0.472 e. The molecule has 1 amide bonds. The zero-order valence-electron chi connectivity index (χ0n) is 8.44. The summed E-state index contributed by atoms with van der Waals surface area (Å²) >= 11 is 0. The molecule has 0 aliphatic heterocycles. The third-order valence-corrected chi connectivity index (χ3v) is 2.15. The van der Waals surface area contributed by atoms with Crippen LogP contribution in [0.15, 0.2) is 47.3 Å². The van der Waals surface area contributed by atoms with Gasteiger partial charge in [-0.25, -0.2) is 4.39 Å². The fourth-order valence-electron chi connectivity index (χ4n) is 1.32. The molecule has 0 unspecified atom stereocenters. The van der Waals surface area contributed by atoms with Gasteiger partial charge in [-0.05, 0) is 18.2 Å². The van der Waals surface area contributed by atoms with Gasteiger partial charge in [0.2, 0.25) is 0 Å². The van der Waals surface area contributed by atoms with Crippen LogP contribution >= 0.6 is 0 Å². The van der Waals surface area contributed by atoms with Gasteiger partial charge in [-0.15, -0.1) is 0 Å². The normalized spacial score (nSPS) is 10.1. The zero-order valence-corrected chi connectivity index (χ0v) is 8.44. The number of nitrogens with one attached hydrogen (secondary N) is 1. The highest BCUT2D eigenvalue weighted by molar-refractivity contribution is 5.94. The third kappa shape index (κ3) is 2.28. The van der Waals surface area contributed by atoms with Gasteiger partial charge < -0.3 is 9.73 Å². The van der Waals surface area contributed by atoms with E-state index in [1.54, 1.807) is 18.2 Å². The second kappa shape index (κ2) is 4.61. The third-order valence-electron chi connectivity index (χ3n) is 2.15. The Hall–Kier alpha value is -2.10. The summed E-state index contributed by atoms with van der Waals surface area (Å²) in [5.41, 5.74) is 0.885. The van der Waals surface area contributed by atoms with Crippen LogP contribution in [0, 0.1) is 5.82 Å². The molecule has 0 radical (unpaired) electrons. The van der Waals surface area contributed by atoms with Crippen molar-refractivity contribution in [2.75, 3.05) is 0 Å². The van der Waals surface area contributed by atoms with Crippen molar-refractivity contribution in [2.45, 2.75) is 6.54 Å². The molecular formula is C12H10FNO2. The second-order valence-corrected chi connectivity index (χ2v) is 3.29. The van der Waals surface area contributed by atoms with Crippen molar-refractivity contribution in [3.05, 3.63) is 59.8 Å². The van der Waals surface area contributed by atoms with Crippen LogP contribution < -0.4 is 5.32 Å². The van der Waals surface area contributed by atoms with Gasteiger partial charge >= 0.3 is 0 Å². The number of hydrogen-bond acceptors (Lipinski definition) is 2. The van der Waals surface area contributed by atoms with Crippen molar-refractivity contribution < 1.29 is 13.6 Å². The van der Waals surface area contributed by atoms with Crippen LogP contribution in [0.2, 0.25) is 0 Å². The lowest BCUT2D eigenvalue weighted by molar-refractivity contribution is 0.0947. The topological polar surface area (TPSA) is 42.2 Å². The summed E-state index contributed by atoms with van der Waals surface area (Å²) in [4.78, 5) is 11.6. The van der Waals surface area contributed by atoms with E-state index >= 15 is 0 Å². The van der Waals surface area contributed by atoms with E-state index < -0.39 is 11.7 Å². The maximum absolute atomic E-state index is 13.2. The van der Waals surface area contributed by atoms with E-state index in [9.17, 15) is 9.18 Å². The number of amides is 1. The molecule has 82 valence electrons. The molecule has 0 aliphatic carbocycles.